The SMILES string of the molecule is C=C(Br)CNC(=O)c1ccc(F)c(Br)c1. The maximum atomic E-state index is 12.9. The minimum absolute atomic E-state index is 0.267. The Labute approximate surface area is 104 Å². The first kappa shape index (κ1) is 12.4. The molecule has 1 aromatic rings. The molecule has 0 heterocycles. The van der Waals surface area contributed by atoms with Crippen LogP contribution in [-0.4, -0.2) is 12.5 Å². The van der Waals surface area contributed by atoms with Gasteiger partial charge in [-0.1, -0.05) is 22.5 Å². The highest BCUT2D eigenvalue weighted by Crippen LogP contribution is 2.16. The number of nitrogens with one attached hydrogen (secondary N) is 1. The molecule has 2 nitrogen and oxygen atoms in total. The van der Waals surface area contributed by atoms with Gasteiger partial charge in [-0.05, 0) is 34.1 Å². The molecule has 1 aromatic carbocycles. The van der Waals surface area contributed by atoms with Crippen molar-refractivity contribution in [2.24, 2.45) is 0 Å². The van der Waals surface area contributed by atoms with Gasteiger partial charge in [-0.15, -0.1) is 0 Å². The third-order valence-corrected chi connectivity index (χ3v) is 2.51. The molecule has 0 aromatic heterocycles. The van der Waals surface area contributed by atoms with Crippen LogP contribution in [-0.2, 0) is 0 Å². The Bertz CT molecular complexity index is 406. The third-order valence-electron chi connectivity index (χ3n) is 1.62. The summed E-state index contributed by atoms with van der Waals surface area (Å²) >= 11 is 6.14. The zero-order valence-electron chi connectivity index (χ0n) is 7.69. The zero-order chi connectivity index (χ0) is 11.4. The number of carbonyl (C=O) groups is 1. The minimum Gasteiger partial charge on any atom is -0.347 e. The Hall–Kier alpha value is -0.680. The van der Waals surface area contributed by atoms with Gasteiger partial charge in [-0.25, -0.2) is 4.39 Å². The molecule has 0 aliphatic carbocycles. The number of benzene rings is 1. The molecule has 15 heavy (non-hydrogen) atoms. The Balaban J connectivity index is 2.74. The van der Waals surface area contributed by atoms with Gasteiger partial charge in [0, 0.05) is 16.6 Å². The van der Waals surface area contributed by atoms with Crippen LogP contribution in [0.1, 0.15) is 10.4 Å². The fraction of sp³-hybridized carbons (Fsp3) is 0.100. The molecule has 0 unspecified atom stereocenters. The van der Waals surface area contributed by atoms with Gasteiger partial charge in [-0.2, -0.15) is 0 Å². The van der Waals surface area contributed by atoms with E-state index in [0.717, 1.165) is 0 Å². The highest BCUT2D eigenvalue weighted by Gasteiger charge is 2.07. The molecule has 0 bridgehead atoms. The average Bonchev–Trinajstić information content (AvgIpc) is 2.18. The van der Waals surface area contributed by atoms with Crippen LogP contribution >= 0.6 is 31.9 Å². The predicted molar refractivity (Wildman–Crippen MR) is 64.5 cm³/mol. The van der Waals surface area contributed by atoms with E-state index in [-0.39, 0.29) is 10.4 Å². The van der Waals surface area contributed by atoms with Crippen LogP contribution in [0.3, 0.4) is 0 Å². The lowest BCUT2D eigenvalue weighted by Gasteiger charge is -2.04. The van der Waals surface area contributed by atoms with Gasteiger partial charge in [0.25, 0.3) is 5.91 Å². The highest BCUT2D eigenvalue weighted by atomic mass is 79.9. The van der Waals surface area contributed by atoms with Crippen LogP contribution in [0, 0.1) is 5.82 Å². The molecule has 80 valence electrons. The molecule has 0 spiro atoms. The van der Waals surface area contributed by atoms with Crippen molar-refractivity contribution in [1.82, 2.24) is 5.32 Å². The normalized spacial score (nSPS) is 9.80. The summed E-state index contributed by atoms with van der Waals surface area (Å²) in [4.78, 5) is 11.5. The summed E-state index contributed by atoms with van der Waals surface area (Å²) in [7, 11) is 0. The molecule has 5 heteroatoms. The molecule has 1 N–H and O–H groups in total. The van der Waals surface area contributed by atoms with E-state index >= 15 is 0 Å². The summed E-state index contributed by atoms with van der Waals surface area (Å²) in [5.41, 5.74) is 0.400. The van der Waals surface area contributed by atoms with Crippen molar-refractivity contribution < 1.29 is 9.18 Å². The topological polar surface area (TPSA) is 29.1 Å². The molecule has 1 rings (SSSR count). The second-order valence-electron chi connectivity index (χ2n) is 2.83. The largest absolute Gasteiger partial charge is 0.347 e. The lowest BCUT2D eigenvalue weighted by Crippen LogP contribution is -2.24. The molecular weight excluding hydrogens is 329 g/mol. The number of halogens is 3. The number of hydrogen-bond donors (Lipinski definition) is 1. The Kier molecular flexibility index (Phi) is 4.47. The van der Waals surface area contributed by atoms with Crippen molar-refractivity contribution in [3.8, 4) is 0 Å². The Morgan fingerprint density at radius 3 is 2.73 bits per heavy atom. The van der Waals surface area contributed by atoms with Gasteiger partial charge in [0.15, 0.2) is 0 Å². The summed E-state index contributed by atoms with van der Waals surface area (Å²) in [6, 6.07) is 4.09. The van der Waals surface area contributed by atoms with Crippen LogP contribution in [0.25, 0.3) is 0 Å². The fourth-order valence-electron chi connectivity index (χ4n) is 0.916. The average molecular weight is 337 g/mol. The van der Waals surface area contributed by atoms with Crippen molar-refractivity contribution in [2.75, 3.05) is 6.54 Å². The summed E-state index contributed by atoms with van der Waals surface area (Å²) in [5.74, 6) is -0.659. The molecule has 0 radical (unpaired) electrons. The Morgan fingerprint density at radius 1 is 1.53 bits per heavy atom. The lowest BCUT2D eigenvalue weighted by atomic mass is 10.2. The summed E-state index contributed by atoms with van der Waals surface area (Å²) in [6.45, 7) is 3.93. The smallest absolute Gasteiger partial charge is 0.251 e. The lowest BCUT2D eigenvalue weighted by molar-refractivity contribution is 0.0957. The van der Waals surface area contributed by atoms with E-state index in [1.54, 1.807) is 0 Å². The van der Waals surface area contributed by atoms with Crippen LogP contribution in [0.5, 0.6) is 0 Å². The van der Waals surface area contributed by atoms with E-state index in [4.69, 9.17) is 0 Å². The van der Waals surface area contributed by atoms with Crippen LogP contribution in [0.15, 0.2) is 33.7 Å². The maximum absolute atomic E-state index is 12.9. The molecule has 1 amide bonds. The number of carbonyl (C=O) groups excluding carboxylic acids is 1. The maximum Gasteiger partial charge on any atom is 0.251 e. The van der Waals surface area contributed by atoms with E-state index < -0.39 is 5.82 Å². The summed E-state index contributed by atoms with van der Waals surface area (Å²) in [5, 5.41) is 2.62. The van der Waals surface area contributed by atoms with Gasteiger partial charge in [0.1, 0.15) is 5.82 Å². The molecule has 0 aliphatic rings. The monoisotopic (exact) mass is 335 g/mol. The van der Waals surface area contributed by atoms with Gasteiger partial charge in [-0.3, -0.25) is 4.79 Å². The van der Waals surface area contributed by atoms with Gasteiger partial charge < -0.3 is 5.32 Å². The molecule has 0 aliphatic heterocycles. The second kappa shape index (κ2) is 5.42. The van der Waals surface area contributed by atoms with Crippen molar-refractivity contribution in [1.29, 1.82) is 0 Å². The quantitative estimate of drug-likeness (QED) is 0.902. The van der Waals surface area contributed by atoms with Crippen LogP contribution < -0.4 is 5.32 Å². The molecule has 0 saturated carbocycles. The van der Waals surface area contributed by atoms with Crippen molar-refractivity contribution in [3.05, 3.63) is 45.1 Å². The number of rotatable bonds is 3. The summed E-state index contributed by atoms with van der Waals surface area (Å²) in [6.07, 6.45) is 0. The number of amides is 1. The minimum atomic E-state index is -0.392. The molecule has 0 saturated heterocycles. The summed E-state index contributed by atoms with van der Waals surface area (Å²) < 4.78 is 13.8. The molecule has 0 atom stereocenters. The molecule has 0 fully saturated rings. The number of hydrogen-bond acceptors (Lipinski definition) is 1. The van der Waals surface area contributed by atoms with Gasteiger partial charge in [0.05, 0.1) is 4.47 Å². The van der Waals surface area contributed by atoms with E-state index in [1.165, 1.54) is 18.2 Å². The van der Waals surface area contributed by atoms with E-state index in [1.807, 2.05) is 0 Å². The van der Waals surface area contributed by atoms with Crippen LogP contribution in [0.4, 0.5) is 4.39 Å². The highest BCUT2D eigenvalue weighted by molar-refractivity contribution is 9.11. The standard InChI is InChI=1S/C10H8Br2FNO/c1-6(11)5-14-10(15)7-2-3-9(13)8(12)4-7/h2-4H,1,5H2,(H,14,15). The Morgan fingerprint density at radius 2 is 2.20 bits per heavy atom. The van der Waals surface area contributed by atoms with Gasteiger partial charge in [0.2, 0.25) is 0 Å². The van der Waals surface area contributed by atoms with Crippen LogP contribution in [0.2, 0.25) is 0 Å². The van der Waals surface area contributed by atoms with E-state index in [2.05, 4.69) is 43.8 Å². The predicted octanol–water partition coefficient (Wildman–Crippen LogP) is 3.23. The van der Waals surface area contributed by atoms with Gasteiger partial charge >= 0.3 is 0 Å². The zero-order valence-corrected chi connectivity index (χ0v) is 10.9. The fourth-order valence-corrected chi connectivity index (χ4v) is 1.43. The van der Waals surface area contributed by atoms with Crippen molar-refractivity contribution in [3.63, 3.8) is 0 Å². The first-order valence-electron chi connectivity index (χ1n) is 4.07. The first-order chi connectivity index (χ1) is 7.00. The third kappa shape index (κ3) is 3.76. The van der Waals surface area contributed by atoms with Crippen molar-refractivity contribution >= 4 is 37.8 Å². The van der Waals surface area contributed by atoms with E-state index in [0.29, 0.717) is 16.6 Å². The second-order valence-corrected chi connectivity index (χ2v) is 4.80. The van der Waals surface area contributed by atoms with Crippen molar-refractivity contribution in [2.45, 2.75) is 0 Å². The van der Waals surface area contributed by atoms with E-state index in [9.17, 15) is 9.18 Å². The first-order valence-corrected chi connectivity index (χ1v) is 5.66. The molecular formula is C10H8Br2FNO.